The van der Waals surface area contributed by atoms with E-state index in [0.717, 1.165) is 6.26 Å². The van der Waals surface area contributed by atoms with Crippen LogP contribution in [0.2, 0.25) is 0 Å². The van der Waals surface area contributed by atoms with E-state index in [1.54, 1.807) is 4.90 Å². The summed E-state index contributed by atoms with van der Waals surface area (Å²) >= 11 is 0. The van der Waals surface area contributed by atoms with E-state index in [1.807, 2.05) is 0 Å². The molecule has 18 heavy (non-hydrogen) atoms. The minimum Gasteiger partial charge on any atom is -0.379 e. The second kappa shape index (κ2) is 5.93. The molecule has 1 rings (SSSR count). The minimum atomic E-state index is -3.57. The SMILES string of the molecule is CS(=O)(=O)CC(O)(CN1CCOCC1)C(=O)NO. The molecule has 0 saturated carbocycles. The molecule has 0 radical (unpaired) electrons. The lowest BCUT2D eigenvalue weighted by atomic mass is 10.1. The number of hydroxylamine groups is 1. The Labute approximate surface area is 105 Å². The van der Waals surface area contributed by atoms with E-state index < -0.39 is 27.1 Å². The highest BCUT2D eigenvalue weighted by molar-refractivity contribution is 7.90. The molecule has 1 aliphatic rings. The summed E-state index contributed by atoms with van der Waals surface area (Å²) in [7, 11) is -3.57. The van der Waals surface area contributed by atoms with Gasteiger partial charge in [-0.15, -0.1) is 0 Å². The van der Waals surface area contributed by atoms with Gasteiger partial charge >= 0.3 is 0 Å². The maximum Gasteiger partial charge on any atom is 0.277 e. The number of sulfone groups is 1. The van der Waals surface area contributed by atoms with Crippen LogP contribution in [-0.4, -0.2) is 80.0 Å². The molecule has 0 aromatic heterocycles. The van der Waals surface area contributed by atoms with Crippen molar-refractivity contribution in [3.05, 3.63) is 0 Å². The van der Waals surface area contributed by atoms with Crippen LogP contribution in [0.15, 0.2) is 0 Å². The van der Waals surface area contributed by atoms with Gasteiger partial charge in [0, 0.05) is 25.9 Å². The molecule has 0 aromatic rings. The van der Waals surface area contributed by atoms with E-state index in [1.165, 1.54) is 5.48 Å². The molecule has 1 aliphatic heterocycles. The molecule has 1 fully saturated rings. The largest absolute Gasteiger partial charge is 0.379 e. The predicted octanol–water partition coefficient (Wildman–Crippen LogP) is -2.40. The molecule has 0 spiro atoms. The van der Waals surface area contributed by atoms with E-state index in [2.05, 4.69) is 0 Å². The number of morpholine rings is 1. The van der Waals surface area contributed by atoms with Gasteiger partial charge in [-0.2, -0.15) is 0 Å². The molecule has 8 nitrogen and oxygen atoms in total. The molecule has 0 aliphatic carbocycles. The molecule has 3 N–H and O–H groups in total. The molecule has 1 saturated heterocycles. The highest BCUT2D eigenvalue weighted by atomic mass is 32.2. The van der Waals surface area contributed by atoms with E-state index >= 15 is 0 Å². The molecule has 1 amide bonds. The quantitative estimate of drug-likeness (QED) is 0.380. The lowest BCUT2D eigenvalue weighted by Crippen LogP contribution is -2.58. The first-order valence-electron chi connectivity index (χ1n) is 5.41. The fourth-order valence-corrected chi connectivity index (χ4v) is 2.94. The smallest absolute Gasteiger partial charge is 0.277 e. The van der Waals surface area contributed by atoms with Crippen molar-refractivity contribution in [2.24, 2.45) is 0 Å². The van der Waals surface area contributed by atoms with Crippen molar-refractivity contribution in [1.82, 2.24) is 10.4 Å². The Morgan fingerprint density at radius 3 is 2.44 bits per heavy atom. The molecular formula is C9H18N2O6S. The third kappa shape index (κ3) is 4.50. The van der Waals surface area contributed by atoms with Crippen molar-refractivity contribution in [2.75, 3.05) is 44.9 Å². The Kier molecular flexibility index (Phi) is 5.05. The van der Waals surface area contributed by atoms with Gasteiger partial charge in [-0.3, -0.25) is 14.9 Å². The summed E-state index contributed by atoms with van der Waals surface area (Å²) in [5.74, 6) is -1.87. The lowest BCUT2D eigenvalue weighted by molar-refractivity contribution is -0.149. The van der Waals surface area contributed by atoms with Crippen LogP contribution >= 0.6 is 0 Å². The molecular weight excluding hydrogens is 264 g/mol. The predicted molar refractivity (Wildman–Crippen MR) is 61.8 cm³/mol. The zero-order chi connectivity index (χ0) is 13.8. The number of hydrogen-bond donors (Lipinski definition) is 3. The summed E-state index contributed by atoms with van der Waals surface area (Å²) in [5, 5.41) is 18.7. The normalized spacial score (nSPS) is 21.3. The van der Waals surface area contributed by atoms with Crippen LogP contribution in [0.3, 0.4) is 0 Å². The Bertz CT molecular complexity index is 392. The van der Waals surface area contributed by atoms with Gasteiger partial charge in [0.2, 0.25) is 0 Å². The Morgan fingerprint density at radius 1 is 1.44 bits per heavy atom. The highest BCUT2D eigenvalue weighted by Gasteiger charge is 2.41. The van der Waals surface area contributed by atoms with Crippen LogP contribution < -0.4 is 5.48 Å². The average molecular weight is 282 g/mol. The number of β-amino-alcohol motifs (C(OH)–C–C–N with tert-alkyl or cyclic N) is 1. The van der Waals surface area contributed by atoms with Crippen LogP contribution in [0.5, 0.6) is 0 Å². The van der Waals surface area contributed by atoms with Crippen LogP contribution in [0.4, 0.5) is 0 Å². The van der Waals surface area contributed by atoms with Crippen LogP contribution in [0.25, 0.3) is 0 Å². The van der Waals surface area contributed by atoms with Crippen LogP contribution in [0.1, 0.15) is 0 Å². The molecule has 1 heterocycles. The van der Waals surface area contributed by atoms with Crippen LogP contribution in [-0.2, 0) is 19.4 Å². The molecule has 1 atom stereocenters. The maximum atomic E-state index is 11.5. The van der Waals surface area contributed by atoms with Gasteiger partial charge in [0.05, 0.1) is 19.0 Å². The maximum absolute atomic E-state index is 11.5. The standard InChI is InChI=1S/C9H18N2O6S/c1-18(15,16)7-9(13,8(12)10-14)6-11-2-4-17-5-3-11/h13-14H,2-7H2,1H3,(H,10,12). The molecule has 0 bridgehead atoms. The average Bonchev–Trinajstić information content (AvgIpc) is 2.26. The first kappa shape index (κ1) is 15.3. The summed E-state index contributed by atoms with van der Waals surface area (Å²) in [4.78, 5) is 13.2. The number of carbonyl (C=O) groups is 1. The molecule has 106 valence electrons. The molecule has 0 aromatic carbocycles. The Morgan fingerprint density at radius 2 is 2.00 bits per heavy atom. The van der Waals surface area contributed by atoms with Crippen molar-refractivity contribution in [1.29, 1.82) is 0 Å². The topological polar surface area (TPSA) is 116 Å². The van der Waals surface area contributed by atoms with Crippen molar-refractivity contribution >= 4 is 15.7 Å². The summed E-state index contributed by atoms with van der Waals surface area (Å²) in [6.45, 7) is 1.72. The van der Waals surface area contributed by atoms with Gasteiger partial charge in [0.1, 0.15) is 0 Å². The Balaban J connectivity index is 2.79. The van der Waals surface area contributed by atoms with E-state index in [-0.39, 0.29) is 6.54 Å². The Hall–Kier alpha value is -0.740. The van der Waals surface area contributed by atoms with Gasteiger partial charge in [0.25, 0.3) is 5.91 Å². The zero-order valence-electron chi connectivity index (χ0n) is 10.1. The number of aliphatic hydroxyl groups is 1. The van der Waals surface area contributed by atoms with Crippen molar-refractivity contribution in [2.45, 2.75) is 5.60 Å². The number of rotatable bonds is 5. The molecule has 9 heteroatoms. The first-order chi connectivity index (χ1) is 8.27. The van der Waals surface area contributed by atoms with Gasteiger partial charge in [-0.05, 0) is 0 Å². The lowest BCUT2D eigenvalue weighted by Gasteiger charge is -2.34. The van der Waals surface area contributed by atoms with Crippen LogP contribution in [0, 0.1) is 0 Å². The zero-order valence-corrected chi connectivity index (χ0v) is 10.9. The monoisotopic (exact) mass is 282 g/mol. The summed E-state index contributed by atoms with van der Waals surface area (Å²) in [6, 6.07) is 0. The van der Waals surface area contributed by atoms with E-state index in [4.69, 9.17) is 9.94 Å². The fourth-order valence-electron chi connectivity index (χ4n) is 1.85. The molecule has 1 unspecified atom stereocenters. The number of amides is 1. The van der Waals surface area contributed by atoms with Gasteiger partial charge in [-0.25, -0.2) is 13.9 Å². The first-order valence-corrected chi connectivity index (χ1v) is 7.48. The van der Waals surface area contributed by atoms with Gasteiger partial charge < -0.3 is 9.84 Å². The third-order valence-electron chi connectivity index (χ3n) is 2.61. The number of hydrogen-bond acceptors (Lipinski definition) is 7. The van der Waals surface area contributed by atoms with E-state index in [9.17, 15) is 18.3 Å². The van der Waals surface area contributed by atoms with Crippen molar-refractivity contribution in [3.8, 4) is 0 Å². The summed E-state index contributed by atoms with van der Waals surface area (Å²) in [5.41, 5.74) is -0.861. The second-order valence-electron chi connectivity index (χ2n) is 4.43. The van der Waals surface area contributed by atoms with Gasteiger partial charge in [0.15, 0.2) is 15.4 Å². The van der Waals surface area contributed by atoms with Crippen molar-refractivity contribution in [3.63, 3.8) is 0 Å². The van der Waals surface area contributed by atoms with Crippen molar-refractivity contribution < 1.29 is 28.3 Å². The second-order valence-corrected chi connectivity index (χ2v) is 6.57. The van der Waals surface area contributed by atoms with E-state index in [0.29, 0.717) is 26.3 Å². The van der Waals surface area contributed by atoms with Gasteiger partial charge in [-0.1, -0.05) is 0 Å². The number of nitrogens with zero attached hydrogens (tertiary/aromatic N) is 1. The highest BCUT2D eigenvalue weighted by Crippen LogP contribution is 2.12. The number of ether oxygens (including phenoxy) is 1. The number of carbonyl (C=O) groups excluding carboxylic acids is 1. The number of nitrogens with one attached hydrogen (secondary N) is 1. The summed E-state index contributed by atoms with van der Waals surface area (Å²) < 4.78 is 27.6. The summed E-state index contributed by atoms with van der Waals surface area (Å²) in [6.07, 6.45) is 0.919. The fraction of sp³-hybridized carbons (Fsp3) is 0.889. The minimum absolute atomic E-state index is 0.171. The third-order valence-corrected chi connectivity index (χ3v) is 3.62.